The number of hydrogen-bond acceptors (Lipinski definition) is 6. The largest absolute Gasteiger partial charge is 0.326 e. The second kappa shape index (κ2) is 8.91. The summed E-state index contributed by atoms with van der Waals surface area (Å²) in [6.45, 7) is 6.30. The van der Waals surface area contributed by atoms with E-state index in [2.05, 4.69) is 42.8 Å². The van der Waals surface area contributed by atoms with E-state index >= 15 is 0 Å². The molecule has 30 heavy (non-hydrogen) atoms. The summed E-state index contributed by atoms with van der Waals surface area (Å²) in [7, 11) is 0. The van der Waals surface area contributed by atoms with Crippen LogP contribution in [0.25, 0.3) is 10.9 Å². The number of fused-ring (bicyclic) bond motifs is 1. The van der Waals surface area contributed by atoms with Gasteiger partial charge in [-0.25, -0.2) is 9.97 Å². The van der Waals surface area contributed by atoms with Gasteiger partial charge in [-0.05, 0) is 42.0 Å². The molecule has 1 aromatic heterocycles. The van der Waals surface area contributed by atoms with E-state index in [0.717, 1.165) is 66.1 Å². The Hall–Kier alpha value is -3.47. The van der Waals surface area contributed by atoms with Crippen LogP contribution < -0.4 is 16.0 Å². The van der Waals surface area contributed by atoms with Gasteiger partial charge < -0.3 is 16.0 Å². The summed E-state index contributed by atoms with van der Waals surface area (Å²) in [6, 6.07) is 11.6. The molecule has 0 unspecified atom stereocenters. The van der Waals surface area contributed by atoms with Crippen molar-refractivity contribution in [1.29, 1.82) is 0 Å². The van der Waals surface area contributed by atoms with Crippen molar-refractivity contribution in [2.75, 3.05) is 36.8 Å². The van der Waals surface area contributed by atoms with E-state index in [0.29, 0.717) is 5.95 Å². The van der Waals surface area contributed by atoms with Gasteiger partial charge in [-0.2, -0.15) is 0 Å². The molecule has 0 saturated carbocycles. The lowest BCUT2D eigenvalue weighted by Gasteiger charge is -2.27. The molecular formula is C23H24N6O. The number of terminal acetylenes is 1. The van der Waals surface area contributed by atoms with Gasteiger partial charge in [0.25, 0.3) is 0 Å². The van der Waals surface area contributed by atoms with Crippen molar-refractivity contribution >= 4 is 34.1 Å². The number of nitrogens with zero attached hydrogens (tertiary/aromatic N) is 3. The zero-order chi connectivity index (χ0) is 20.9. The molecule has 0 radical (unpaired) electrons. The Morgan fingerprint density at radius 1 is 1.20 bits per heavy atom. The standard InChI is InChI=1S/C23H24N6O/c1-3-17-4-5-22-19(10-17)14-25-23(28-22)27-21-12-18(11-20(13-21)26-16(2)30)15-29-8-6-24-7-9-29/h1,4-5,10-14,24H,6-9,15H2,2H3,(H,26,30)(H,25,27,28). The van der Waals surface area contributed by atoms with Crippen LogP contribution in [-0.2, 0) is 11.3 Å². The average molecular weight is 400 g/mol. The van der Waals surface area contributed by atoms with Crippen molar-refractivity contribution < 1.29 is 4.79 Å². The average Bonchev–Trinajstić information content (AvgIpc) is 2.73. The molecule has 0 spiro atoms. The van der Waals surface area contributed by atoms with Crippen LogP contribution in [-0.4, -0.2) is 47.0 Å². The number of carbonyl (C=O) groups excluding carboxylic acids is 1. The highest BCUT2D eigenvalue weighted by atomic mass is 16.1. The summed E-state index contributed by atoms with van der Waals surface area (Å²) >= 11 is 0. The van der Waals surface area contributed by atoms with E-state index in [1.54, 1.807) is 6.20 Å². The number of rotatable bonds is 5. The van der Waals surface area contributed by atoms with Crippen LogP contribution in [0.1, 0.15) is 18.1 Å². The fourth-order valence-corrected chi connectivity index (χ4v) is 3.57. The van der Waals surface area contributed by atoms with E-state index < -0.39 is 0 Å². The van der Waals surface area contributed by atoms with E-state index in [1.165, 1.54) is 6.92 Å². The zero-order valence-corrected chi connectivity index (χ0v) is 16.9. The number of carbonyl (C=O) groups is 1. The third-order valence-electron chi connectivity index (χ3n) is 4.93. The molecule has 1 saturated heterocycles. The number of anilines is 3. The SMILES string of the molecule is C#Cc1ccc2nc(Nc3cc(CN4CCNCC4)cc(NC(C)=O)c3)ncc2c1. The number of benzene rings is 2. The minimum absolute atomic E-state index is 0.105. The van der Waals surface area contributed by atoms with Crippen molar-refractivity contribution in [1.82, 2.24) is 20.2 Å². The molecule has 3 aromatic rings. The molecule has 3 N–H and O–H groups in total. The van der Waals surface area contributed by atoms with Gasteiger partial charge in [0.05, 0.1) is 5.52 Å². The molecule has 152 valence electrons. The van der Waals surface area contributed by atoms with Gasteiger partial charge in [-0.15, -0.1) is 6.42 Å². The van der Waals surface area contributed by atoms with Crippen LogP contribution in [0.3, 0.4) is 0 Å². The number of aromatic nitrogens is 2. The molecule has 0 bridgehead atoms. The molecule has 7 nitrogen and oxygen atoms in total. The van der Waals surface area contributed by atoms with Gasteiger partial charge in [-0.3, -0.25) is 9.69 Å². The molecule has 2 heterocycles. The smallest absolute Gasteiger partial charge is 0.227 e. The molecule has 0 atom stereocenters. The van der Waals surface area contributed by atoms with E-state index in [-0.39, 0.29) is 5.91 Å². The number of amides is 1. The first kappa shape index (κ1) is 19.8. The third-order valence-corrected chi connectivity index (χ3v) is 4.93. The van der Waals surface area contributed by atoms with Crippen LogP contribution in [0.5, 0.6) is 0 Å². The summed E-state index contributed by atoms with van der Waals surface area (Å²) in [5, 5.41) is 10.4. The minimum atomic E-state index is -0.105. The first-order chi connectivity index (χ1) is 14.6. The maximum absolute atomic E-state index is 11.6. The summed E-state index contributed by atoms with van der Waals surface area (Å²) in [5.41, 5.74) is 4.30. The third kappa shape index (κ3) is 4.92. The lowest BCUT2D eigenvalue weighted by atomic mass is 10.1. The van der Waals surface area contributed by atoms with Crippen LogP contribution in [0.2, 0.25) is 0 Å². The Balaban J connectivity index is 1.60. The highest BCUT2D eigenvalue weighted by molar-refractivity contribution is 5.89. The first-order valence-electron chi connectivity index (χ1n) is 9.94. The molecule has 1 fully saturated rings. The Morgan fingerprint density at radius 3 is 2.77 bits per heavy atom. The number of nitrogens with one attached hydrogen (secondary N) is 3. The Bertz CT molecular complexity index is 1110. The summed E-state index contributed by atoms with van der Waals surface area (Å²) in [4.78, 5) is 23.0. The molecule has 2 aromatic carbocycles. The summed E-state index contributed by atoms with van der Waals surface area (Å²) < 4.78 is 0. The summed E-state index contributed by atoms with van der Waals surface area (Å²) in [5.74, 6) is 3.01. The van der Waals surface area contributed by atoms with Crippen LogP contribution in [0.4, 0.5) is 17.3 Å². The van der Waals surface area contributed by atoms with Crippen LogP contribution >= 0.6 is 0 Å². The highest BCUT2D eigenvalue weighted by Gasteiger charge is 2.12. The predicted molar refractivity (Wildman–Crippen MR) is 120 cm³/mol. The van der Waals surface area contributed by atoms with Crippen molar-refractivity contribution in [3.05, 3.63) is 53.7 Å². The quantitative estimate of drug-likeness (QED) is 0.572. The van der Waals surface area contributed by atoms with E-state index in [9.17, 15) is 4.79 Å². The maximum atomic E-state index is 11.6. The van der Waals surface area contributed by atoms with Crippen molar-refractivity contribution in [2.45, 2.75) is 13.5 Å². The molecule has 1 aliphatic heterocycles. The molecule has 1 amide bonds. The Kier molecular flexibility index (Phi) is 5.89. The molecular weight excluding hydrogens is 376 g/mol. The van der Waals surface area contributed by atoms with Gasteiger partial charge in [0.15, 0.2) is 0 Å². The maximum Gasteiger partial charge on any atom is 0.227 e. The van der Waals surface area contributed by atoms with E-state index in [4.69, 9.17) is 6.42 Å². The van der Waals surface area contributed by atoms with Gasteiger partial charge >= 0.3 is 0 Å². The highest BCUT2D eigenvalue weighted by Crippen LogP contribution is 2.24. The van der Waals surface area contributed by atoms with E-state index in [1.807, 2.05) is 30.3 Å². The Morgan fingerprint density at radius 2 is 2.00 bits per heavy atom. The monoisotopic (exact) mass is 400 g/mol. The van der Waals surface area contributed by atoms with Crippen LogP contribution in [0.15, 0.2) is 42.6 Å². The second-order valence-electron chi connectivity index (χ2n) is 7.36. The molecule has 7 heteroatoms. The van der Waals surface area contributed by atoms with Gasteiger partial charge in [0, 0.05) is 68.2 Å². The fourth-order valence-electron chi connectivity index (χ4n) is 3.57. The van der Waals surface area contributed by atoms with Gasteiger partial charge in [0.2, 0.25) is 11.9 Å². The van der Waals surface area contributed by atoms with Gasteiger partial charge in [-0.1, -0.05) is 5.92 Å². The number of piperazine rings is 1. The Labute approximate surface area is 175 Å². The van der Waals surface area contributed by atoms with Crippen molar-refractivity contribution in [3.63, 3.8) is 0 Å². The van der Waals surface area contributed by atoms with Crippen LogP contribution in [0, 0.1) is 12.3 Å². The summed E-state index contributed by atoms with van der Waals surface area (Å²) in [6.07, 6.45) is 7.22. The zero-order valence-electron chi connectivity index (χ0n) is 16.9. The normalized spacial score (nSPS) is 14.3. The van der Waals surface area contributed by atoms with Crippen molar-refractivity contribution in [2.24, 2.45) is 0 Å². The minimum Gasteiger partial charge on any atom is -0.326 e. The predicted octanol–water partition coefficient (Wildman–Crippen LogP) is 2.72. The first-order valence-corrected chi connectivity index (χ1v) is 9.94. The topological polar surface area (TPSA) is 82.2 Å². The van der Waals surface area contributed by atoms with Gasteiger partial charge in [0.1, 0.15) is 0 Å². The number of hydrogen-bond donors (Lipinski definition) is 3. The lowest BCUT2D eigenvalue weighted by Crippen LogP contribution is -2.42. The molecule has 4 rings (SSSR count). The fraction of sp³-hybridized carbons (Fsp3) is 0.261. The lowest BCUT2D eigenvalue weighted by molar-refractivity contribution is -0.114. The molecule has 0 aliphatic carbocycles. The second-order valence-corrected chi connectivity index (χ2v) is 7.36. The molecule has 1 aliphatic rings. The van der Waals surface area contributed by atoms with Crippen molar-refractivity contribution in [3.8, 4) is 12.3 Å².